The molecule has 1 aromatic rings. The zero-order valence-corrected chi connectivity index (χ0v) is 12.6. The molecule has 2 rings (SSSR count). The van der Waals surface area contributed by atoms with Crippen LogP contribution in [0.15, 0.2) is 12.1 Å². The number of rotatable bonds is 4. The van der Waals surface area contributed by atoms with E-state index in [0.29, 0.717) is 16.1 Å². The first-order valence-corrected chi connectivity index (χ1v) is 7.52. The molecule has 0 saturated carbocycles. The van der Waals surface area contributed by atoms with Gasteiger partial charge in [-0.25, -0.2) is 0 Å². The molecule has 1 fully saturated rings. The second-order valence-electron chi connectivity index (χ2n) is 5.05. The summed E-state index contributed by atoms with van der Waals surface area (Å²) in [5.41, 5.74) is 0.877. The van der Waals surface area contributed by atoms with E-state index in [1.54, 1.807) is 12.1 Å². The molecule has 0 atom stereocenters. The molecule has 1 aliphatic rings. The average Bonchev–Trinajstić information content (AvgIpc) is 2.38. The molecule has 0 aliphatic carbocycles. The minimum Gasteiger partial charge on any atom is -0.505 e. The van der Waals surface area contributed by atoms with Crippen LogP contribution in [0.25, 0.3) is 0 Å². The molecule has 0 spiro atoms. The van der Waals surface area contributed by atoms with Crippen molar-refractivity contribution in [3.05, 3.63) is 22.2 Å². The van der Waals surface area contributed by atoms with Gasteiger partial charge in [-0.3, -0.25) is 0 Å². The summed E-state index contributed by atoms with van der Waals surface area (Å²) in [7, 11) is 0. The van der Waals surface area contributed by atoms with E-state index < -0.39 is 0 Å². The lowest BCUT2D eigenvalue weighted by Crippen LogP contribution is -2.39. The van der Waals surface area contributed by atoms with E-state index in [0.717, 1.165) is 31.6 Å². The third kappa shape index (κ3) is 3.91. The van der Waals surface area contributed by atoms with Crippen LogP contribution < -0.4 is 5.32 Å². The van der Waals surface area contributed by atoms with Crippen molar-refractivity contribution >= 4 is 28.9 Å². The van der Waals surface area contributed by atoms with Gasteiger partial charge in [0.15, 0.2) is 5.75 Å². The molecule has 106 valence electrons. The Kier molecular flexibility index (Phi) is 5.20. The smallest absolute Gasteiger partial charge is 0.152 e. The van der Waals surface area contributed by atoms with Crippen LogP contribution in [0.1, 0.15) is 26.2 Å². The summed E-state index contributed by atoms with van der Waals surface area (Å²) in [6.07, 6.45) is 3.45. The average molecular weight is 303 g/mol. The highest BCUT2D eigenvalue weighted by molar-refractivity contribution is 6.37. The molecule has 5 heteroatoms. The number of likely N-dealkylation sites (tertiary alicyclic amines) is 1. The number of aromatic hydroxyl groups is 1. The molecular weight excluding hydrogens is 283 g/mol. The maximum absolute atomic E-state index is 9.53. The lowest BCUT2D eigenvalue weighted by molar-refractivity contribution is 0.219. The minimum atomic E-state index is -0.0494. The monoisotopic (exact) mass is 302 g/mol. The lowest BCUT2D eigenvalue weighted by Gasteiger charge is -2.32. The van der Waals surface area contributed by atoms with Gasteiger partial charge in [0.25, 0.3) is 0 Å². The van der Waals surface area contributed by atoms with Gasteiger partial charge in [0.05, 0.1) is 10.0 Å². The number of phenolic OH excluding ortho intramolecular Hbond substituents is 1. The second kappa shape index (κ2) is 6.69. The topological polar surface area (TPSA) is 35.5 Å². The molecule has 19 heavy (non-hydrogen) atoms. The third-order valence-corrected chi connectivity index (χ3v) is 4.09. The van der Waals surface area contributed by atoms with Crippen LogP contribution in [0, 0.1) is 0 Å². The highest BCUT2D eigenvalue weighted by Crippen LogP contribution is 2.35. The van der Waals surface area contributed by atoms with Crippen LogP contribution in [0.2, 0.25) is 10.0 Å². The summed E-state index contributed by atoms with van der Waals surface area (Å²) in [5.74, 6) is -0.0494. The van der Waals surface area contributed by atoms with E-state index in [4.69, 9.17) is 23.2 Å². The number of nitrogens with one attached hydrogen (secondary N) is 1. The van der Waals surface area contributed by atoms with Crippen LogP contribution in [0.3, 0.4) is 0 Å². The molecular formula is C14H20Cl2N2O. The van der Waals surface area contributed by atoms with Gasteiger partial charge >= 0.3 is 0 Å². The number of phenols is 1. The van der Waals surface area contributed by atoms with E-state index in [9.17, 15) is 5.11 Å². The van der Waals surface area contributed by atoms with Gasteiger partial charge in [-0.1, -0.05) is 30.1 Å². The Morgan fingerprint density at radius 3 is 2.37 bits per heavy atom. The van der Waals surface area contributed by atoms with Crippen LogP contribution in [-0.2, 0) is 0 Å². The van der Waals surface area contributed by atoms with Crippen LogP contribution in [0.4, 0.5) is 5.69 Å². The molecule has 1 saturated heterocycles. The third-order valence-electron chi connectivity index (χ3n) is 3.52. The van der Waals surface area contributed by atoms with E-state index in [2.05, 4.69) is 17.1 Å². The molecule has 2 N–H and O–H groups in total. The fourth-order valence-corrected chi connectivity index (χ4v) is 2.99. The first-order valence-electron chi connectivity index (χ1n) is 6.77. The number of anilines is 1. The summed E-state index contributed by atoms with van der Waals surface area (Å²) in [5, 5.41) is 13.6. The zero-order valence-electron chi connectivity index (χ0n) is 11.1. The molecule has 0 amide bonds. The molecule has 1 aromatic carbocycles. The summed E-state index contributed by atoms with van der Waals surface area (Å²) >= 11 is 11.8. The van der Waals surface area contributed by atoms with Gasteiger partial charge in [0.2, 0.25) is 0 Å². The number of hydrogen-bond acceptors (Lipinski definition) is 3. The maximum atomic E-state index is 9.53. The molecule has 0 aromatic heterocycles. The van der Waals surface area contributed by atoms with Gasteiger partial charge in [-0.15, -0.1) is 0 Å². The normalized spacial score (nSPS) is 17.6. The Morgan fingerprint density at radius 2 is 1.84 bits per heavy atom. The van der Waals surface area contributed by atoms with Gasteiger partial charge in [0.1, 0.15) is 0 Å². The van der Waals surface area contributed by atoms with Crippen molar-refractivity contribution in [1.29, 1.82) is 0 Å². The van der Waals surface area contributed by atoms with E-state index in [1.807, 2.05) is 0 Å². The molecule has 0 unspecified atom stereocenters. The van der Waals surface area contributed by atoms with Gasteiger partial charge in [-0.05, 0) is 37.9 Å². The SMILES string of the molecule is CCCN1CCC(Nc2cc(Cl)c(O)c(Cl)c2)CC1. The van der Waals surface area contributed by atoms with Crippen molar-refractivity contribution in [2.45, 2.75) is 32.2 Å². The molecule has 1 heterocycles. The number of nitrogens with zero attached hydrogens (tertiary/aromatic N) is 1. The molecule has 0 bridgehead atoms. The van der Waals surface area contributed by atoms with Crippen molar-refractivity contribution in [2.75, 3.05) is 25.0 Å². The van der Waals surface area contributed by atoms with Gasteiger partial charge in [0, 0.05) is 24.8 Å². The Hall–Kier alpha value is -0.640. The van der Waals surface area contributed by atoms with E-state index in [-0.39, 0.29) is 5.75 Å². The van der Waals surface area contributed by atoms with Crippen molar-refractivity contribution in [3.8, 4) is 5.75 Å². The first-order chi connectivity index (χ1) is 9.10. The summed E-state index contributed by atoms with van der Waals surface area (Å²) in [6.45, 7) is 5.66. The Bertz CT molecular complexity index is 408. The summed E-state index contributed by atoms with van der Waals surface area (Å²) in [6, 6.07) is 3.90. The highest BCUT2D eigenvalue weighted by Gasteiger charge is 2.18. The summed E-state index contributed by atoms with van der Waals surface area (Å²) in [4.78, 5) is 2.49. The Morgan fingerprint density at radius 1 is 1.26 bits per heavy atom. The van der Waals surface area contributed by atoms with Crippen molar-refractivity contribution in [1.82, 2.24) is 4.90 Å². The quantitative estimate of drug-likeness (QED) is 0.826. The molecule has 1 aliphatic heterocycles. The van der Waals surface area contributed by atoms with E-state index >= 15 is 0 Å². The number of halogens is 2. The van der Waals surface area contributed by atoms with E-state index in [1.165, 1.54) is 13.0 Å². The van der Waals surface area contributed by atoms with Crippen LogP contribution >= 0.6 is 23.2 Å². The Balaban J connectivity index is 1.92. The standard InChI is InChI=1S/C14H20Cl2N2O/c1-2-5-18-6-3-10(4-7-18)17-11-8-12(15)14(19)13(16)9-11/h8-10,17,19H,2-7H2,1H3. The predicted octanol–water partition coefficient (Wildman–Crippen LogP) is 3.99. The summed E-state index contributed by atoms with van der Waals surface area (Å²) < 4.78 is 0. The lowest BCUT2D eigenvalue weighted by atomic mass is 10.0. The number of piperidine rings is 1. The first kappa shape index (κ1) is 14.8. The van der Waals surface area contributed by atoms with Gasteiger partial charge in [-0.2, -0.15) is 0 Å². The fraction of sp³-hybridized carbons (Fsp3) is 0.571. The van der Waals surface area contributed by atoms with Crippen LogP contribution in [-0.4, -0.2) is 35.7 Å². The maximum Gasteiger partial charge on any atom is 0.152 e. The van der Waals surface area contributed by atoms with Crippen molar-refractivity contribution in [2.24, 2.45) is 0 Å². The molecule has 3 nitrogen and oxygen atoms in total. The minimum absolute atomic E-state index is 0.0494. The highest BCUT2D eigenvalue weighted by atomic mass is 35.5. The number of hydrogen-bond donors (Lipinski definition) is 2. The fourth-order valence-electron chi connectivity index (χ4n) is 2.50. The number of benzene rings is 1. The predicted molar refractivity (Wildman–Crippen MR) is 81.5 cm³/mol. The van der Waals surface area contributed by atoms with Crippen molar-refractivity contribution < 1.29 is 5.11 Å². The molecule has 0 radical (unpaired) electrons. The van der Waals surface area contributed by atoms with Gasteiger partial charge < -0.3 is 15.3 Å². The second-order valence-corrected chi connectivity index (χ2v) is 5.86. The van der Waals surface area contributed by atoms with Crippen LogP contribution in [0.5, 0.6) is 5.75 Å². The Labute approximate surface area is 124 Å². The van der Waals surface area contributed by atoms with Crippen molar-refractivity contribution in [3.63, 3.8) is 0 Å². The largest absolute Gasteiger partial charge is 0.505 e. The zero-order chi connectivity index (χ0) is 13.8.